The Bertz CT molecular complexity index is 1410. The molecule has 0 bridgehead atoms. The number of aryl methyl sites for hydroxylation is 1. The summed E-state index contributed by atoms with van der Waals surface area (Å²) >= 11 is 12.2. The first kappa shape index (κ1) is 30.5. The van der Waals surface area contributed by atoms with Crippen molar-refractivity contribution in [2.24, 2.45) is 0 Å². The Balaban J connectivity index is 2.07. The fourth-order valence-electron chi connectivity index (χ4n) is 4.20. The molecule has 0 saturated carbocycles. The van der Waals surface area contributed by atoms with Crippen LogP contribution in [0, 0.1) is 6.92 Å². The summed E-state index contributed by atoms with van der Waals surface area (Å²) in [4.78, 5) is 28.6. The molecule has 0 aliphatic carbocycles. The van der Waals surface area contributed by atoms with Crippen LogP contribution < -0.4 is 9.62 Å². The zero-order chi connectivity index (χ0) is 28.7. The zero-order valence-corrected chi connectivity index (χ0v) is 24.7. The number of nitrogens with one attached hydrogen (secondary N) is 1. The third-order valence-corrected chi connectivity index (χ3v) is 8.30. The van der Waals surface area contributed by atoms with Crippen molar-refractivity contribution in [2.75, 3.05) is 10.8 Å². The number of hydrogen-bond acceptors (Lipinski definition) is 4. The third kappa shape index (κ3) is 7.97. The van der Waals surface area contributed by atoms with Crippen molar-refractivity contribution in [1.29, 1.82) is 0 Å². The topological polar surface area (TPSA) is 86.8 Å². The van der Waals surface area contributed by atoms with Crippen molar-refractivity contribution in [3.8, 4) is 0 Å². The van der Waals surface area contributed by atoms with Gasteiger partial charge in [-0.3, -0.25) is 13.9 Å². The standard InChI is InChI=1S/C29H33Cl2N3O4S/c1-5-27(29(36)32-20(2)3)33(18-22-9-6-8-21(4)16-22)28(35)19-34(25-11-7-10-24(31)17-25)39(37,38)26-14-12-23(30)13-15-26/h6-17,20,27H,5,18-19H2,1-4H3,(H,32,36)/t27-/m1/s1. The molecule has 1 N–H and O–H groups in total. The summed E-state index contributed by atoms with van der Waals surface area (Å²) in [6.45, 7) is 7.05. The Morgan fingerprint density at radius 1 is 0.923 bits per heavy atom. The smallest absolute Gasteiger partial charge is 0.264 e. The van der Waals surface area contributed by atoms with Gasteiger partial charge in [0.05, 0.1) is 10.6 Å². The fraction of sp³-hybridized carbons (Fsp3) is 0.310. The van der Waals surface area contributed by atoms with E-state index >= 15 is 0 Å². The van der Waals surface area contributed by atoms with Gasteiger partial charge in [0, 0.05) is 22.6 Å². The first-order valence-corrected chi connectivity index (χ1v) is 14.8. The van der Waals surface area contributed by atoms with Crippen molar-refractivity contribution in [2.45, 2.75) is 57.6 Å². The molecule has 10 heteroatoms. The van der Waals surface area contributed by atoms with Crippen molar-refractivity contribution in [3.05, 3.63) is 94.0 Å². The average molecular weight is 591 g/mol. The minimum Gasteiger partial charge on any atom is -0.352 e. The minimum atomic E-state index is -4.20. The Morgan fingerprint density at radius 2 is 1.59 bits per heavy atom. The van der Waals surface area contributed by atoms with Crippen molar-refractivity contribution in [3.63, 3.8) is 0 Å². The largest absolute Gasteiger partial charge is 0.352 e. The van der Waals surface area contributed by atoms with Crippen molar-refractivity contribution in [1.82, 2.24) is 10.2 Å². The number of halogens is 2. The number of nitrogens with zero attached hydrogens (tertiary/aromatic N) is 2. The van der Waals surface area contributed by atoms with Gasteiger partial charge in [0.2, 0.25) is 11.8 Å². The van der Waals surface area contributed by atoms with Gasteiger partial charge in [-0.25, -0.2) is 8.42 Å². The Hall–Kier alpha value is -3.07. The number of carbonyl (C=O) groups excluding carboxylic acids is 2. The quantitative estimate of drug-likeness (QED) is 0.305. The molecule has 0 radical (unpaired) electrons. The van der Waals surface area contributed by atoms with Crippen LogP contribution in [0.5, 0.6) is 0 Å². The lowest BCUT2D eigenvalue weighted by molar-refractivity contribution is -0.140. The van der Waals surface area contributed by atoms with Crippen LogP contribution in [0.25, 0.3) is 0 Å². The highest BCUT2D eigenvalue weighted by atomic mass is 35.5. The van der Waals surface area contributed by atoms with Crippen LogP contribution in [-0.4, -0.2) is 43.8 Å². The van der Waals surface area contributed by atoms with E-state index in [1.165, 1.54) is 35.2 Å². The third-order valence-electron chi connectivity index (χ3n) is 6.03. The maximum atomic E-state index is 14.0. The Kier molecular flexibility index (Phi) is 10.4. The van der Waals surface area contributed by atoms with Gasteiger partial charge >= 0.3 is 0 Å². The highest BCUT2D eigenvalue weighted by molar-refractivity contribution is 7.92. The predicted molar refractivity (Wildman–Crippen MR) is 157 cm³/mol. The lowest BCUT2D eigenvalue weighted by Crippen LogP contribution is -2.53. The SMILES string of the molecule is CC[C@H](C(=O)NC(C)C)N(Cc1cccc(C)c1)C(=O)CN(c1cccc(Cl)c1)S(=O)(=O)c1ccc(Cl)cc1. The van der Waals surface area contributed by atoms with Gasteiger partial charge in [0.1, 0.15) is 12.6 Å². The number of sulfonamides is 1. The molecule has 3 aromatic rings. The van der Waals surface area contributed by atoms with Crippen LogP contribution >= 0.6 is 23.2 Å². The minimum absolute atomic E-state index is 0.0329. The molecule has 1 atom stereocenters. The summed E-state index contributed by atoms with van der Waals surface area (Å²) in [5.74, 6) is -0.830. The van der Waals surface area contributed by atoms with Gasteiger partial charge in [-0.2, -0.15) is 0 Å². The maximum Gasteiger partial charge on any atom is 0.264 e. The molecule has 3 aromatic carbocycles. The van der Waals surface area contributed by atoms with E-state index in [1.807, 2.05) is 52.0 Å². The molecule has 0 saturated heterocycles. The molecule has 2 amide bonds. The lowest BCUT2D eigenvalue weighted by Gasteiger charge is -2.33. The van der Waals surface area contributed by atoms with E-state index in [0.717, 1.165) is 15.4 Å². The first-order valence-electron chi connectivity index (χ1n) is 12.6. The van der Waals surface area contributed by atoms with Crippen LogP contribution in [-0.2, 0) is 26.2 Å². The van der Waals surface area contributed by atoms with Crippen molar-refractivity contribution >= 4 is 50.7 Å². The summed E-state index contributed by atoms with van der Waals surface area (Å²) in [5, 5.41) is 3.58. The zero-order valence-electron chi connectivity index (χ0n) is 22.4. The van der Waals surface area contributed by atoms with Crippen LogP contribution in [0.3, 0.4) is 0 Å². The van der Waals surface area contributed by atoms with Crippen LogP contribution in [0.2, 0.25) is 10.0 Å². The Labute approximate surface area is 240 Å². The number of rotatable bonds is 11. The summed E-state index contributed by atoms with van der Waals surface area (Å²) < 4.78 is 28.7. The summed E-state index contributed by atoms with van der Waals surface area (Å²) in [6.07, 6.45) is 0.344. The van der Waals surface area contributed by atoms with Gasteiger partial charge in [0.25, 0.3) is 10.0 Å². The van der Waals surface area contributed by atoms with Crippen LogP contribution in [0.4, 0.5) is 5.69 Å². The van der Waals surface area contributed by atoms with Crippen LogP contribution in [0.1, 0.15) is 38.3 Å². The summed E-state index contributed by atoms with van der Waals surface area (Å²) in [5.41, 5.74) is 2.06. The maximum absolute atomic E-state index is 14.0. The molecule has 0 heterocycles. The van der Waals surface area contributed by atoms with Crippen molar-refractivity contribution < 1.29 is 18.0 Å². The molecule has 0 aliphatic heterocycles. The van der Waals surface area contributed by atoms with E-state index in [1.54, 1.807) is 18.2 Å². The van der Waals surface area contributed by atoms with Gasteiger partial charge in [-0.15, -0.1) is 0 Å². The molecule has 0 aliphatic rings. The van der Waals surface area contributed by atoms with Crippen LogP contribution in [0.15, 0.2) is 77.7 Å². The predicted octanol–water partition coefficient (Wildman–Crippen LogP) is 5.83. The second kappa shape index (κ2) is 13.3. The molecule has 0 fully saturated rings. The highest BCUT2D eigenvalue weighted by Gasteiger charge is 2.34. The second-order valence-corrected chi connectivity index (χ2v) is 12.3. The normalized spacial score (nSPS) is 12.2. The van der Waals surface area contributed by atoms with Gasteiger partial charge in [0.15, 0.2) is 0 Å². The first-order chi connectivity index (χ1) is 18.4. The van der Waals surface area contributed by atoms with E-state index in [-0.39, 0.29) is 29.1 Å². The molecule has 0 unspecified atom stereocenters. The molecule has 0 spiro atoms. The monoisotopic (exact) mass is 589 g/mol. The molecule has 39 heavy (non-hydrogen) atoms. The van der Waals surface area contributed by atoms with E-state index in [0.29, 0.717) is 16.5 Å². The number of benzene rings is 3. The summed E-state index contributed by atoms with van der Waals surface area (Å²) in [6, 6.07) is 18.7. The molecule has 7 nitrogen and oxygen atoms in total. The fourth-order valence-corrected chi connectivity index (χ4v) is 5.92. The van der Waals surface area contributed by atoms with Gasteiger partial charge in [-0.05, 0) is 75.2 Å². The highest BCUT2D eigenvalue weighted by Crippen LogP contribution is 2.27. The second-order valence-electron chi connectivity index (χ2n) is 9.54. The number of hydrogen-bond donors (Lipinski definition) is 1. The van der Waals surface area contributed by atoms with E-state index in [4.69, 9.17) is 23.2 Å². The molecular formula is C29H33Cl2N3O4S. The molecule has 3 rings (SSSR count). The van der Waals surface area contributed by atoms with E-state index in [9.17, 15) is 18.0 Å². The number of carbonyl (C=O) groups is 2. The van der Waals surface area contributed by atoms with Gasteiger partial charge in [-0.1, -0.05) is 66.0 Å². The molecule has 208 valence electrons. The lowest BCUT2D eigenvalue weighted by atomic mass is 10.1. The average Bonchev–Trinajstić information content (AvgIpc) is 2.86. The molecule has 0 aromatic heterocycles. The van der Waals surface area contributed by atoms with Gasteiger partial charge < -0.3 is 10.2 Å². The Morgan fingerprint density at radius 3 is 2.18 bits per heavy atom. The van der Waals surface area contributed by atoms with E-state index in [2.05, 4.69) is 5.32 Å². The number of anilines is 1. The van der Waals surface area contributed by atoms with E-state index < -0.39 is 28.5 Å². The molecular weight excluding hydrogens is 557 g/mol. The summed E-state index contributed by atoms with van der Waals surface area (Å²) in [7, 11) is -4.20. The number of amides is 2.